The number of ether oxygens (including phenoxy) is 4. The van der Waals surface area contributed by atoms with Gasteiger partial charge in [-0.15, -0.1) is 0 Å². The molecule has 2 atom stereocenters. The van der Waals surface area contributed by atoms with E-state index in [1.54, 1.807) is 9.80 Å². The smallest absolute Gasteiger partial charge is 0.410 e. The molecule has 1 N–H and O–H groups in total. The number of amides is 2. The third-order valence-corrected chi connectivity index (χ3v) is 23.2. The fourth-order valence-corrected chi connectivity index (χ4v) is 13.6. The number of benzene rings is 6. The van der Waals surface area contributed by atoms with Crippen LogP contribution >= 0.6 is 0 Å². The minimum atomic E-state index is -1.85. The Morgan fingerprint density at radius 3 is 1.41 bits per heavy atom. The van der Waals surface area contributed by atoms with Crippen LogP contribution in [0.3, 0.4) is 0 Å². The second-order valence-corrected chi connectivity index (χ2v) is 30.8. The van der Waals surface area contributed by atoms with Gasteiger partial charge in [-0.25, -0.2) is 9.59 Å². The zero-order valence-corrected chi connectivity index (χ0v) is 56.2. The van der Waals surface area contributed by atoms with E-state index < -0.39 is 20.5 Å². The summed E-state index contributed by atoms with van der Waals surface area (Å²) in [5.41, 5.74) is 8.17. The first kappa shape index (κ1) is 66.9. The molecule has 0 aliphatic carbocycles. The maximum atomic E-state index is 13.3. The van der Waals surface area contributed by atoms with Gasteiger partial charge in [0.2, 0.25) is 0 Å². The van der Waals surface area contributed by atoms with Gasteiger partial charge in [0.15, 0.2) is 8.32 Å². The number of hydrogen-bond acceptors (Lipinski definition) is 18. The highest BCUT2D eigenvalue weighted by Gasteiger charge is 2.39. The topological polar surface area (TPSA) is 219 Å². The van der Waals surface area contributed by atoms with Gasteiger partial charge in [-0.1, -0.05) is 154 Å². The van der Waals surface area contributed by atoms with Crippen LogP contribution in [-0.2, 0) is 53.0 Å². The van der Waals surface area contributed by atoms with Crippen molar-refractivity contribution in [2.45, 2.75) is 116 Å². The SMILES string of the molecule is CC(C)(C)[Si](C)(C)OCCCOc1nc2c(c(N3CCN(C(=O)OCc4ccccc4)C(CC#N)C3)n1)CCN(c1cccc3ccccc13)C2.N#CCC1CN(c2nc(OCCCO)nc3c2CCN(c2cccc4ccccc24)C3)CCN1C(=O)OCc1ccccc1. The monoisotopic (exact) mass is 1300 g/mol. The average molecular weight is 1300 g/mol. The second kappa shape index (κ2) is 31.1. The molecule has 0 bridgehead atoms. The summed E-state index contributed by atoms with van der Waals surface area (Å²) in [6, 6.07) is 53.3. The van der Waals surface area contributed by atoms with Crippen molar-refractivity contribution in [3.05, 3.63) is 179 Å². The standard InChI is InChI=1S/C40H50N6O4Si.C34H36N6O4/c1-40(2,3)51(4,5)50-26-12-25-48-38-42-35-28-44(36-18-11-16-31-15-9-10-17-33(31)36)22-20-34(35)37(43-38)45-23-24-46(32(27-45)19-21-41)39(47)49-29-30-13-7-6-8-14-30;35-16-14-27-22-39(18-19-40(27)34(42)44-24-25-8-2-1-3-9-25)32-29-15-17-38(23-30(29)36-33(37-32)43-21-7-20-41)31-13-6-11-26-10-4-5-12-28(26)31/h6-11,13-18,32H,12,19-20,22-29H2,1-5H3;1-6,8-13,27,41H,7,14-15,17-24H2. The van der Waals surface area contributed by atoms with E-state index in [1.165, 1.54) is 27.2 Å². The lowest BCUT2D eigenvalue weighted by molar-refractivity contribution is 0.0761. The predicted octanol–water partition coefficient (Wildman–Crippen LogP) is 12.4. The Morgan fingerprint density at radius 1 is 0.537 bits per heavy atom. The van der Waals surface area contributed by atoms with Crippen molar-refractivity contribution in [1.82, 2.24) is 29.7 Å². The lowest BCUT2D eigenvalue weighted by atomic mass is 10.0. The number of piperazine rings is 2. The van der Waals surface area contributed by atoms with Crippen molar-refractivity contribution in [3.8, 4) is 24.2 Å². The molecule has 2 aromatic heterocycles. The number of hydrogen-bond donors (Lipinski definition) is 1. The van der Waals surface area contributed by atoms with Gasteiger partial charge in [0, 0.05) is 112 Å². The van der Waals surface area contributed by atoms with Gasteiger partial charge in [0.25, 0.3) is 0 Å². The van der Waals surface area contributed by atoms with Crippen molar-refractivity contribution >= 4 is 65.1 Å². The summed E-state index contributed by atoms with van der Waals surface area (Å²) in [7, 11) is -1.85. The number of anilines is 4. The molecule has 20 nitrogen and oxygen atoms in total. The number of nitriles is 2. The molecular formula is C74H86N12O8Si. The maximum Gasteiger partial charge on any atom is 0.410 e. The number of nitrogens with zero attached hydrogens (tertiary/aromatic N) is 12. The molecule has 2 saturated heterocycles. The first-order valence-corrected chi connectivity index (χ1v) is 36.0. The number of carbonyl (C=O) groups is 2. The van der Waals surface area contributed by atoms with Gasteiger partial charge in [0.05, 0.1) is 74.8 Å². The molecule has 0 spiro atoms. The molecule has 0 saturated carbocycles. The summed E-state index contributed by atoms with van der Waals surface area (Å²) in [6.07, 6.45) is 2.26. The van der Waals surface area contributed by atoms with Crippen LogP contribution in [0.15, 0.2) is 146 Å². The number of carbonyl (C=O) groups excluding carboxylic acids is 2. The first-order valence-electron chi connectivity index (χ1n) is 33.1. The van der Waals surface area contributed by atoms with Gasteiger partial charge in [0.1, 0.15) is 24.8 Å². The van der Waals surface area contributed by atoms with E-state index in [4.69, 9.17) is 43.3 Å². The summed E-state index contributed by atoms with van der Waals surface area (Å²) in [5.74, 6) is 1.61. The Balaban J connectivity index is 0.000000195. The normalized spacial score (nSPS) is 16.4. The van der Waals surface area contributed by atoms with Crippen LogP contribution in [-0.4, -0.2) is 146 Å². The van der Waals surface area contributed by atoms with Crippen LogP contribution in [0.2, 0.25) is 18.1 Å². The minimum absolute atomic E-state index is 0.0187. The number of rotatable bonds is 20. The van der Waals surface area contributed by atoms with E-state index in [0.717, 1.165) is 83.3 Å². The molecule has 494 valence electrons. The van der Waals surface area contributed by atoms with E-state index in [0.29, 0.717) is 84.6 Å². The highest BCUT2D eigenvalue weighted by Crippen LogP contribution is 2.39. The highest BCUT2D eigenvalue weighted by molar-refractivity contribution is 6.74. The van der Waals surface area contributed by atoms with Crippen LogP contribution in [0.4, 0.5) is 32.6 Å². The molecule has 8 aromatic rings. The Labute approximate surface area is 558 Å². The van der Waals surface area contributed by atoms with Crippen LogP contribution in [0.1, 0.15) is 80.1 Å². The van der Waals surface area contributed by atoms with Crippen LogP contribution < -0.4 is 29.1 Å². The van der Waals surface area contributed by atoms with E-state index in [9.17, 15) is 25.2 Å². The molecule has 12 rings (SSSR count). The Hall–Kier alpha value is -9.54. The predicted molar refractivity (Wildman–Crippen MR) is 371 cm³/mol. The first-order chi connectivity index (χ1) is 46.2. The van der Waals surface area contributed by atoms with Gasteiger partial charge < -0.3 is 57.9 Å². The summed E-state index contributed by atoms with van der Waals surface area (Å²) >= 11 is 0. The molecular weight excluding hydrogens is 1210 g/mol. The molecule has 0 radical (unpaired) electrons. The fraction of sp³-hybridized carbons (Fsp3) is 0.405. The fourth-order valence-electron chi connectivity index (χ4n) is 12.5. The molecule has 2 fully saturated rings. The lowest BCUT2D eigenvalue weighted by Crippen LogP contribution is -2.55. The van der Waals surface area contributed by atoms with Crippen molar-refractivity contribution in [2.24, 2.45) is 0 Å². The quantitative estimate of drug-likeness (QED) is 0.0554. The number of fused-ring (bicyclic) bond motifs is 4. The molecule has 6 aromatic carbocycles. The molecule has 95 heavy (non-hydrogen) atoms. The lowest BCUT2D eigenvalue weighted by Gasteiger charge is -2.42. The molecule has 21 heteroatoms. The third kappa shape index (κ3) is 16.3. The van der Waals surface area contributed by atoms with Crippen molar-refractivity contribution in [3.63, 3.8) is 0 Å². The Bertz CT molecular complexity index is 4000. The maximum absolute atomic E-state index is 13.3. The molecule has 4 aliphatic heterocycles. The second-order valence-electron chi connectivity index (χ2n) is 26.0. The third-order valence-electron chi connectivity index (χ3n) is 18.7. The Morgan fingerprint density at radius 2 is 0.968 bits per heavy atom. The molecule has 2 unspecified atom stereocenters. The molecule has 4 aliphatic rings. The molecule has 2 amide bonds. The van der Waals surface area contributed by atoms with Crippen molar-refractivity contribution < 1.29 is 38.1 Å². The number of aliphatic hydroxyl groups is 1. The van der Waals surface area contributed by atoms with E-state index in [2.05, 4.69) is 151 Å². The van der Waals surface area contributed by atoms with E-state index >= 15 is 0 Å². The van der Waals surface area contributed by atoms with Gasteiger partial charge in [-0.2, -0.15) is 30.5 Å². The van der Waals surface area contributed by atoms with Crippen LogP contribution in [0, 0.1) is 22.7 Å². The van der Waals surface area contributed by atoms with E-state index in [-0.39, 0.29) is 55.8 Å². The molecule has 6 heterocycles. The Kier molecular flexibility index (Phi) is 21.9. The van der Waals surface area contributed by atoms with Crippen LogP contribution in [0.5, 0.6) is 12.0 Å². The number of aromatic nitrogens is 4. The van der Waals surface area contributed by atoms with Crippen LogP contribution in [0.25, 0.3) is 21.5 Å². The summed E-state index contributed by atoms with van der Waals surface area (Å²) in [6.45, 7) is 18.7. The zero-order chi connectivity index (χ0) is 66.3. The minimum Gasteiger partial charge on any atom is -0.463 e. The number of aliphatic hydroxyl groups excluding tert-OH is 1. The summed E-state index contributed by atoms with van der Waals surface area (Å²) in [4.78, 5) is 58.5. The van der Waals surface area contributed by atoms with Gasteiger partial charge in [-0.05, 0) is 65.0 Å². The van der Waals surface area contributed by atoms with Gasteiger partial charge in [-0.3, -0.25) is 0 Å². The zero-order valence-electron chi connectivity index (χ0n) is 55.2. The van der Waals surface area contributed by atoms with Crippen molar-refractivity contribution in [2.75, 3.05) is 98.4 Å². The summed E-state index contributed by atoms with van der Waals surface area (Å²) < 4.78 is 29.8. The highest BCUT2D eigenvalue weighted by atomic mass is 28.4. The average Bonchev–Trinajstić information content (AvgIpc) is 0.780. The summed E-state index contributed by atoms with van der Waals surface area (Å²) in [5, 5.41) is 33.6. The van der Waals surface area contributed by atoms with E-state index in [1.807, 2.05) is 60.7 Å². The van der Waals surface area contributed by atoms with Crippen molar-refractivity contribution in [1.29, 1.82) is 10.5 Å². The van der Waals surface area contributed by atoms with Gasteiger partial charge >= 0.3 is 24.2 Å². The largest absolute Gasteiger partial charge is 0.463 e.